The minimum Gasteiger partial charge on any atom is -0.368 e. The van der Waals surface area contributed by atoms with Crippen molar-refractivity contribution in [1.29, 1.82) is 0 Å². The third-order valence-electron chi connectivity index (χ3n) is 8.82. The predicted octanol–water partition coefficient (Wildman–Crippen LogP) is 4.02. The molecule has 234 valence electrons. The van der Waals surface area contributed by atoms with E-state index in [9.17, 15) is 14.0 Å². The topological polar surface area (TPSA) is 136 Å². The molecule has 12 heteroatoms. The first-order valence-corrected chi connectivity index (χ1v) is 15.4. The lowest BCUT2D eigenvalue weighted by Crippen LogP contribution is -2.51. The number of amides is 2. The first kappa shape index (κ1) is 29.4. The van der Waals surface area contributed by atoms with E-state index in [1.165, 1.54) is 12.1 Å². The third-order valence-corrected chi connectivity index (χ3v) is 8.82. The minimum absolute atomic E-state index is 0.0591. The summed E-state index contributed by atoms with van der Waals surface area (Å²) in [4.78, 5) is 40.7. The molecule has 2 aromatic heterocycles. The van der Waals surface area contributed by atoms with E-state index in [-0.39, 0.29) is 29.5 Å². The molecule has 0 aliphatic carbocycles. The van der Waals surface area contributed by atoms with E-state index in [0.29, 0.717) is 44.8 Å². The van der Waals surface area contributed by atoms with Crippen LogP contribution in [0.3, 0.4) is 0 Å². The molecule has 1 atom stereocenters. The zero-order valence-corrected chi connectivity index (χ0v) is 25.2. The largest absolute Gasteiger partial charge is 0.368 e. The average Bonchev–Trinajstić information content (AvgIpc) is 3.73. The van der Waals surface area contributed by atoms with Gasteiger partial charge in [-0.3, -0.25) is 19.6 Å². The molecule has 5 aromatic rings. The number of likely N-dealkylation sites (tertiary alicyclic amines) is 1. The Morgan fingerprint density at radius 2 is 1.61 bits per heavy atom. The highest BCUT2D eigenvalue weighted by molar-refractivity contribution is 5.98. The van der Waals surface area contributed by atoms with Crippen molar-refractivity contribution in [2.45, 2.75) is 6.42 Å². The van der Waals surface area contributed by atoms with Crippen molar-refractivity contribution in [3.8, 4) is 22.4 Å². The van der Waals surface area contributed by atoms with Gasteiger partial charge in [-0.05, 0) is 73.1 Å². The monoisotopic (exact) mass is 619 g/mol. The molecule has 2 aliphatic rings. The third kappa shape index (κ3) is 6.24. The van der Waals surface area contributed by atoms with Crippen LogP contribution in [-0.4, -0.2) is 87.6 Å². The number of fused-ring (bicyclic) bond motifs is 1. The number of nitrogens with two attached hydrogens (primary N) is 1. The number of benzene rings is 3. The highest BCUT2D eigenvalue weighted by Crippen LogP contribution is 2.29. The number of hydrogen-bond acceptors (Lipinski definition) is 8. The Morgan fingerprint density at radius 3 is 2.35 bits per heavy atom. The van der Waals surface area contributed by atoms with Gasteiger partial charge in [0.1, 0.15) is 5.82 Å². The first-order chi connectivity index (χ1) is 22.4. The Balaban J connectivity index is 0.882. The summed E-state index contributed by atoms with van der Waals surface area (Å²) < 4.78 is 13.3. The summed E-state index contributed by atoms with van der Waals surface area (Å²) >= 11 is 0. The number of nitrogen functional groups attached to an aromatic ring is 1. The lowest BCUT2D eigenvalue weighted by molar-refractivity contribution is -0.132. The Bertz CT molecular complexity index is 1850. The van der Waals surface area contributed by atoms with E-state index in [2.05, 4.69) is 47.4 Å². The number of nitrogens with one attached hydrogen (secondary N) is 2. The zero-order chi connectivity index (χ0) is 31.6. The smallest absolute Gasteiger partial charge is 0.236 e. The number of aromatic nitrogens is 4. The van der Waals surface area contributed by atoms with Crippen LogP contribution in [0.2, 0.25) is 0 Å². The van der Waals surface area contributed by atoms with Gasteiger partial charge in [0, 0.05) is 73.0 Å². The van der Waals surface area contributed by atoms with Gasteiger partial charge in [-0.2, -0.15) is 5.10 Å². The van der Waals surface area contributed by atoms with Gasteiger partial charge < -0.3 is 20.9 Å². The summed E-state index contributed by atoms with van der Waals surface area (Å²) in [6.45, 7) is 4.39. The highest BCUT2D eigenvalue weighted by Gasteiger charge is 2.31. The van der Waals surface area contributed by atoms with Crippen LogP contribution in [0.15, 0.2) is 79.1 Å². The van der Waals surface area contributed by atoms with Gasteiger partial charge >= 0.3 is 0 Å². The Labute approximate surface area is 265 Å². The standard InChI is InChI=1S/C34H34FN9O2/c35-26-5-1-23(2-6-26)32-29-10-7-27(17-30(29)40-41-32)39-33(46)24-11-12-42(20-24)21-31(45)44-15-13-43(14-16-44)28-8-3-22(4-9-28)25-18-37-34(36)38-19-25/h1-10,17-19,24H,11-16,20-21H2,(H,39,46)(H,40,41)(H2,36,37,38). The molecule has 2 aliphatic heterocycles. The molecule has 1 unspecified atom stereocenters. The van der Waals surface area contributed by atoms with Crippen LogP contribution in [-0.2, 0) is 9.59 Å². The molecule has 11 nitrogen and oxygen atoms in total. The molecule has 0 spiro atoms. The maximum atomic E-state index is 13.3. The summed E-state index contributed by atoms with van der Waals surface area (Å²) in [5.74, 6) is -0.201. The fourth-order valence-electron chi connectivity index (χ4n) is 6.22. The number of hydrogen-bond donors (Lipinski definition) is 3. The fourth-order valence-corrected chi connectivity index (χ4v) is 6.22. The van der Waals surface area contributed by atoms with Crippen LogP contribution in [0.25, 0.3) is 33.3 Å². The van der Waals surface area contributed by atoms with Gasteiger partial charge in [-0.25, -0.2) is 14.4 Å². The van der Waals surface area contributed by atoms with Gasteiger partial charge in [0.2, 0.25) is 17.8 Å². The summed E-state index contributed by atoms with van der Waals surface area (Å²) in [5, 5.41) is 11.3. The second kappa shape index (κ2) is 12.6. The van der Waals surface area contributed by atoms with E-state index >= 15 is 0 Å². The van der Waals surface area contributed by atoms with Crippen molar-refractivity contribution in [3.05, 3.63) is 84.9 Å². The Hall–Kier alpha value is -5.36. The number of rotatable bonds is 7. The van der Waals surface area contributed by atoms with E-state index in [0.717, 1.165) is 52.1 Å². The zero-order valence-electron chi connectivity index (χ0n) is 25.2. The maximum Gasteiger partial charge on any atom is 0.236 e. The lowest BCUT2D eigenvalue weighted by atomic mass is 10.1. The minimum atomic E-state index is -0.298. The molecular formula is C34H34FN9O2. The number of nitrogens with zero attached hydrogens (tertiary/aromatic N) is 6. The molecule has 3 aromatic carbocycles. The van der Waals surface area contributed by atoms with Crippen molar-refractivity contribution in [3.63, 3.8) is 0 Å². The van der Waals surface area contributed by atoms with E-state index in [1.54, 1.807) is 24.5 Å². The normalized spacial score (nSPS) is 17.0. The quantitative estimate of drug-likeness (QED) is 0.249. The number of H-pyrrole nitrogens is 1. The summed E-state index contributed by atoms with van der Waals surface area (Å²) in [5.41, 5.74) is 11.6. The molecule has 46 heavy (non-hydrogen) atoms. The SMILES string of the molecule is Nc1ncc(-c2ccc(N3CCN(C(=O)CN4CCC(C(=O)Nc5ccc6c(-c7ccc(F)cc7)n[nH]c6c5)C4)CC3)cc2)cn1. The first-order valence-electron chi connectivity index (χ1n) is 15.4. The summed E-state index contributed by atoms with van der Waals surface area (Å²) in [6, 6.07) is 20.1. The highest BCUT2D eigenvalue weighted by atomic mass is 19.1. The number of carbonyl (C=O) groups excluding carboxylic acids is 2. The van der Waals surface area contributed by atoms with Gasteiger partial charge in [0.15, 0.2) is 0 Å². The average molecular weight is 620 g/mol. The molecule has 2 saturated heterocycles. The summed E-state index contributed by atoms with van der Waals surface area (Å²) in [6.07, 6.45) is 4.13. The Morgan fingerprint density at radius 1 is 0.891 bits per heavy atom. The number of anilines is 3. The van der Waals surface area contributed by atoms with Gasteiger partial charge in [-0.15, -0.1) is 0 Å². The number of aromatic amines is 1. The number of carbonyl (C=O) groups is 2. The second-order valence-corrected chi connectivity index (χ2v) is 11.8. The summed E-state index contributed by atoms with van der Waals surface area (Å²) in [7, 11) is 0. The van der Waals surface area contributed by atoms with Gasteiger partial charge in [0.05, 0.1) is 23.7 Å². The predicted molar refractivity (Wildman–Crippen MR) is 175 cm³/mol. The van der Waals surface area contributed by atoms with Crippen molar-refractivity contribution in [2.75, 3.05) is 61.8 Å². The van der Waals surface area contributed by atoms with Gasteiger partial charge in [-0.1, -0.05) is 12.1 Å². The van der Waals surface area contributed by atoms with Crippen molar-refractivity contribution >= 4 is 40.0 Å². The van der Waals surface area contributed by atoms with Gasteiger partial charge in [0.25, 0.3) is 0 Å². The van der Waals surface area contributed by atoms with Crippen LogP contribution < -0.4 is 16.0 Å². The molecule has 0 radical (unpaired) electrons. The molecule has 4 heterocycles. The van der Waals surface area contributed by atoms with E-state index < -0.39 is 0 Å². The van der Waals surface area contributed by atoms with Crippen molar-refractivity contribution < 1.29 is 14.0 Å². The molecule has 4 N–H and O–H groups in total. The molecular weight excluding hydrogens is 585 g/mol. The molecule has 2 fully saturated rings. The Kier molecular flexibility index (Phi) is 8.02. The van der Waals surface area contributed by atoms with Crippen molar-refractivity contribution in [2.24, 2.45) is 5.92 Å². The van der Waals surface area contributed by atoms with Crippen LogP contribution >= 0.6 is 0 Å². The van der Waals surface area contributed by atoms with E-state index in [1.807, 2.05) is 35.2 Å². The lowest BCUT2D eigenvalue weighted by Gasteiger charge is -2.36. The molecule has 0 saturated carbocycles. The van der Waals surface area contributed by atoms with Crippen LogP contribution in [0.1, 0.15) is 6.42 Å². The maximum absolute atomic E-state index is 13.3. The van der Waals surface area contributed by atoms with Crippen LogP contribution in [0, 0.1) is 11.7 Å². The number of halogens is 1. The molecule has 2 amide bonds. The van der Waals surface area contributed by atoms with Crippen LogP contribution in [0.5, 0.6) is 0 Å². The fraction of sp³-hybridized carbons (Fsp3) is 0.265. The molecule has 0 bridgehead atoms. The van der Waals surface area contributed by atoms with Crippen molar-refractivity contribution in [1.82, 2.24) is 30.0 Å². The number of piperazine rings is 1. The van der Waals surface area contributed by atoms with Crippen LogP contribution in [0.4, 0.5) is 21.7 Å². The second-order valence-electron chi connectivity index (χ2n) is 11.8. The van der Waals surface area contributed by atoms with E-state index in [4.69, 9.17) is 5.73 Å². The molecule has 7 rings (SSSR count).